The minimum atomic E-state index is -0.756. The molecule has 1 fully saturated rings. The molecule has 0 unspecified atom stereocenters. The topological polar surface area (TPSA) is 70.1 Å². The zero-order valence-corrected chi connectivity index (χ0v) is 18.3. The molecular formula is C25H27FN2O4. The Hall–Kier alpha value is -3.45. The zero-order chi connectivity index (χ0) is 23.3. The number of benzene rings is 2. The van der Waals surface area contributed by atoms with Crippen LogP contribution in [0.25, 0.3) is 5.76 Å². The van der Waals surface area contributed by atoms with Crippen molar-refractivity contribution in [2.24, 2.45) is 0 Å². The Balaban J connectivity index is 2.04. The molecule has 1 amide bonds. The second-order valence-corrected chi connectivity index (χ2v) is 7.82. The Kier molecular flexibility index (Phi) is 7.43. The normalized spacial score (nSPS) is 17.8. The number of ketones is 1. The van der Waals surface area contributed by atoms with Crippen molar-refractivity contribution in [1.82, 2.24) is 9.80 Å². The van der Waals surface area contributed by atoms with E-state index in [9.17, 15) is 19.1 Å². The van der Waals surface area contributed by atoms with Crippen molar-refractivity contribution in [1.29, 1.82) is 0 Å². The van der Waals surface area contributed by atoms with E-state index in [1.807, 2.05) is 19.0 Å². The van der Waals surface area contributed by atoms with Gasteiger partial charge in [-0.05, 0) is 69.0 Å². The van der Waals surface area contributed by atoms with Gasteiger partial charge in [0.1, 0.15) is 23.9 Å². The van der Waals surface area contributed by atoms with Crippen LogP contribution in [-0.2, 0) is 9.59 Å². The third kappa shape index (κ3) is 5.06. The molecule has 1 aliphatic heterocycles. The number of ether oxygens (including phenoxy) is 1. The SMILES string of the molecule is C=CCOc1ccc([C@@H]2/C(=C(/O)c3ccc(F)cc3)C(=O)C(=O)N2CCCN(C)C)cc1. The Morgan fingerprint density at radius 1 is 1.16 bits per heavy atom. The number of carbonyl (C=O) groups is 2. The first-order valence-electron chi connectivity index (χ1n) is 10.4. The Labute approximate surface area is 187 Å². The van der Waals surface area contributed by atoms with Crippen molar-refractivity contribution >= 4 is 17.4 Å². The summed E-state index contributed by atoms with van der Waals surface area (Å²) >= 11 is 0. The molecule has 0 bridgehead atoms. The molecule has 3 rings (SSSR count). The average molecular weight is 438 g/mol. The molecule has 1 N–H and O–H groups in total. The van der Waals surface area contributed by atoms with Crippen molar-refractivity contribution in [2.75, 3.05) is 33.8 Å². The van der Waals surface area contributed by atoms with Crippen LogP contribution in [0.5, 0.6) is 5.75 Å². The molecule has 1 saturated heterocycles. The first-order valence-corrected chi connectivity index (χ1v) is 10.4. The lowest BCUT2D eigenvalue weighted by molar-refractivity contribution is -0.139. The van der Waals surface area contributed by atoms with Gasteiger partial charge in [0.2, 0.25) is 0 Å². The van der Waals surface area contributed by atoms with E-state index in [0.29, 0.717) is 30.9 Å². The van der Waals surface area contributed by atoms with Crippen LogP contribution in [0.2, 0.25) is 0 Å². The van der Waals surface area contributed by atoms with E-state index in [2.05, 4.69) is 6.58 Å². The number of nitrogens with zero attached hydrogens (tertiary/aromatic N) is 2. The minimum Gasteiger partial charge on any atom is -0.507 e. The Bertz CT molecular complexity index is 1010. The number of hydrogen-bond donors (Lipinski definition) is 1. The fourth-order valence-electron chi connectivity index (χ4n) is 3.68. The minimum absolute atomic E-state index is 0.00813. The molecule has 1 aliphatic rings. The number of carbonyl (C=O) groups excluding carboxylic acids is 2. The lowest BCUT2D eigenvalue weighted by Crippen LogP contribution is -2.32. The second kappa shape index (κ2) is 10.2. The standard InChI is InChI=1S/C25H27FN2O4/c1-4-16-32-20-12-8-17(9-13-20)22-21(23(29)18-6-10-19(26)11-7-18)24(30)25(31)28(22)15-5-14-27(2)3/h4,6-13,22,29H,1,5,14-16H2,2-3H3/b23-21-/t22-/m1/s1. The van der Waals surface area contributed by atoms with Crippen LogP contribution in [0.1, 0.15) is 23.6 Å². The summed E-state index contributed by atoms with van der Waals surface area (Å²) in [6, 6.07) is 11.4. The number of hydrogen-bond acceptors (Lipinski definition) is 5. The summed E-state index contributed by atoms with van der Waals surface area (Å²) in [5.74, 6) is -1.58. The fourth-order valence-corrected chi connectivity index (χ4v) is 3.68. The maximum Gasteiger partial charge on any atom is 0.295 e. The predicted molar refractivity (Wildman–Crippen MR) is 121 cm³/mol. The van der Waals surface area contributed by atoms with E-state index in [0.717, 1.165) is 6.54 Å². The van der Waals surface area contributed by atoms with E-state index >= 15 is 0 Å². The van der Waals surface area contributed by atoms with Crippen LogP contribution in [0, 0.1) is 5.82 Å². The number of rotatable bonds is 9. The average Bonchev–Trinajstić information content (AvgIpc) is 3.03. The van der Waals surface area contributed by atoms with Gasteiger partial charge < -0.3 is 19.6 Å². The molecule has 0 aliphatic carbocycles. The number of amides is 1. The molecule has 0 aromatic heterocycles. The summed E-state index contributed by atoms with van der Waals surface area (Å²) < 4.78 is 18.9. The van der Waals surface area contributed by atoms with Crippen molar-refractivity contribution in [3.05, 3.63) is 83.7 Å². The first kappa shape index (κ1) is 23.2. The van der Waals surface area contributed by atoms with Gasteiger partial charge in [-0.3, -0.25) is 9.59 Å². The molecular weight excluding hydrogens is 411 g/mol. The number of Topliss-reactive ketones (excluding diaryl/α,β-unsaturated/α-hetero) is 1. The van der Waals surface area contributed by atoms with Crippen molar-refractivity contribution in [3.8, 4) is 5.75 Å². The molecule has 2 aromatic carbocycles. The quantitative estimate of drug-likeness (QED) is 0.279. The van der Waals surface area contributed by atoms with Gasteiger partial charge in [-0.2, -0.15) is 0 Å². The van der Waals surface area contributed by atoms with Gasteiger partial charge in [0, 0.05) is 12.1 Å². The van der Waals surface area contributed by atoms with E-state index in [1.54, 1.807) is 30.3 Å². The predicted octanol–water partition coefficient (Wildman–Crippen LogP) is 3.76. The van der Waals surface area contributed by atoms with Crippen molar-refractivity contribution in [2.45, 2.75) is 12.5 Å². The van der Waals surface area contributed by atoms with Gasteiger partial charge in [-0.25, -0.2) is 4.39 Å². The molecule has 0 saturated carbocycles. The Morgan fingerprint density at radius 3 is 2.41 bits per heavy atom. The molecule has 1 atom stereocenters. The smallest absolute Gasteiger partial charge is 0.295 e. The first-order chi connectivity index (χ1) is 15.3. The summed E-state index contributed by atoms with van der Waals surface area (Å²) in [4.78, 5) is 29.3. The molecule has 0 radical (unpaired) electrons. The highest BCUT2D eigenvalue weighted by atomic mass is 19.1. The van der Waals surface area contributed by atoms with Crippen molar-refractivity contribution < 1.29 is 23.8 Å². The van der Waals surface area contributed by atoms with Crippen LogP contribution in [-0.4, -0.2) is 60.4 Å². The third-order valence-electron chi connectivity index (χ3n) is 5.23. The number of likely N-dealkylation sites (tertiary alicyclic amines) is 1. The highest BCUT2D eigenvalue weighted by Gasteiger charge is 2.45. The van der Waals surface area contributed by atoms with E-state index in [1.165, 1.54) is 29.2 Å². The number of halogens is 1. The molecule has 0 spiro atoms. The van der Waals surface area contributed by atoms with Crippen LogP contribution < -0.4 is 4.74 Å². The largest absolute Gasteiger partial charge is 0.507 e. The Morgan fingerprint density at radius 2 is 1.81 bits per heavy atom. The molecule has 32 heavy (non-hydrogen) atoms. The number of aliphatic hydroxyl groups is 1. The summed E-state index contributed by atoms with van der Waals surface area (Å²) in [7, 11) is 3.87. The van der Waals surface area contributed by atoms with Gasteiger partial charge in [0.25, 0.3) is 11.7 Å². The summed E-state index contributed by atoms with van der Waals surface area (Å²) in [6.45, 7) is 5.06. The van der Waals surface area contributed by atoms with E-state index in [4.69, 9.17) is 4.74 Å². The zero-order valence-electron chi connectivity index (χ0n) is 18.3. The van der Waals surface area contributed by atoms with Gasteiger partial charge in [0.05, 0.1) is 11.6 Å². The second-order valence-electron chi connectivity index (χ2n) is 7.82. The van der Waals surface area contributed by atoms with Gasteiger partial charge in [0.15, 0.2) is 0 Å². The maximum atomic E-state index is 13.4. The molecule has 1 heterocycles. The van der Waals surface area contributed by atoms with Crippen LogP contribution >= 0.6 is 0 Å². The van der Waals surface area contributed by atoms with Gasteiger partial charge in [-0.15, -0.1) is 0 Å². The summed E-state index contributed by atoms with van der Waals surface area (Å²) in [5, 5.41) is 10.9. The molecule has 6 nitrogen and oxygen atoms in total. The highest BCUT2D eigenvalue weighted by molar-refractivity contribution is 6.46. The lowest BCUT2D eigenvalue weighted by atomic mass is 9.95. The fraction of sp³-hybridized carbons (Fsp3) is 0.280. The van der Waals surface area contributed by atoms with E-state index in [-0.39, 0.29) is 16.9 Å². The van der Waals surface area contributed by atoms with E-state index < -0.39 is 23.5 Å². The van der Waals surface area contributed by atoms with Crippen LogP contribution in [0.4, 0.5) is 4.39 Å². The molecule has 2 aromatic rings. The summed E-state index contributed by atoms with van der Waals surface area (Å²) in [6.07, 6.45) is 2.30. The maximum absolute atomic E-state index is 13.4. The highest BCUT2D eigenvalue weighted by Crippen LogP contribution is 2.39. The van der Waals surface area contributed by atoms with Gasteiger partial charge >= 0.3 is 0 Å². The monoisotopic (exact) mass is 438 g/mol. The van der Waals surface area contributed by atoms with Crippen LogP contribution in [0.3, 0.4) is 0 Å². The third-order valence-corrected chi connectivity index (χ3v) is 5.23. The lowest BCUT2D eigenvalue weighted by Gasteiger charge is -2.26. The van der Waals surface area contributed by atoms with Gasteiger partial charge in [-0.1, -0.05) is 24.8 Å². The molecule has 7 heteroatoms. The van der Waals surface area contributed by atoms with Crippen molar-refractivity contribution in [3.63, 3.8) is 0 Å². The summed E-state index contributed by atoms with van der Waals surface area (Å²) in [5.41, 5.74) is 0.934. The van der Waals surface area contributed by atoms with Crippen LogP contribution in [0.15, 0.2) is 66.8 Å². The molecule has 168 valence electrons. The number of aliphatic hydroxyl groups excluding tert-OH is 1.